The molecule has 28 heavy (non-hydrogen) atoms. The van der Waals surface area contributed by atoms with E-state index in [9.17, 15) is 0 Å². The molecule has 0 aromatic heterocycles. The van der Waals surface area contributed by atoms with Crippen LogP contribution in [0.4, 0.5) is 5.69 Å². The minimum absolute atomic E-state index is 0.0920. The zero-order valence-electron chi connectivity index (χ0n) is 15.0. The molecule has 3 aromatic carbocycles. The quantitative estimate of drug-likeness (QED) is 0.374. The predicted octanol–water partition coefficient (Wildman–Crippen LogP) is 5.75. The summed E-state index contributed by atoms with van der Waals surface area (Å²) in [5.41, 5.74) is 12.6. The molecule has 0 radical (unpaired) electrons. The molecular formula is C23H19Cl2N3. The first-order chi connectivity index (χ1) is 13.5. The van der Waals surface area contributed by atoms with E-state index in [1.54, 1.807) is 6.07 Å². The number of hydrogen-bond acceptors (Lipinski definition) is 2. The SMILES string of the molecule is N=C(N)c1ccc2c(c1)C1c3ccccc3CC1C(c1cc(Cl)cc(Cl)c1)N2. The number of rotatable bonds is 2. The fraction of sp³-hybridized carbons (Fsp3) is 0.174. The second kappa shape index (κ2) is 6.54. The van der Waals surface area contributed by atoms with Crippen molar-refractivity contribution in [2.75, 3.05) is 5.32 Å². The average Bonchev–Trinajstić information content (AvgIpc) is 3.06. The molecule has 0 saturated heterocycles. The largest absolute Gasteiger partial charge is 0.384 e. The van der Waals surface area contributed by atoms with Gasteiger partial charge in [0.15, 0.2) is 0 Å². The fourth-order valence-electron chi connectivity index (χ4n) is 4.81. The molecule has 0 bridgehead atoms. The number of anilines is 1. The van der Waals surface area contributed by atoms with Gasteiger partial charge in [-0.25, -0.2) is 0 Å². The molecule has 3 unspecified atom stereocenters. The molecule has 0 spiro atoms. The Labute approximate surface area is 174 Å². The third-order valence-corrected chi connectivity index (χ3v) is 6.39. The lowest BCUT2D eigenvalue weighted by Gasteiger charge is -2.38. The topological polar surface area (TPSA) is 61.9 Å². The van der Waals surface area contributed by atoms with Gasteiger partial charge in [0.1, 0.15) is 5.84 Å². The third-order valence-electron chi connectivity index (χ3n) is 5.95. The summed E-state index contributed by atoms with van der Waals surface area (Å²) in [5.74, 6) is 0.672. The van der Waals surface area contributed by atoms with Gasteiger partial charge in [0.25, 0.3) is 0 Å². The summed E-state index contributed by atoms with van der Waals surface area (Å²) < 4.78 is 0. The summed E-state index contributed by atoms with van der Waals surface area (Å²) in [4.78, 5) is 0. The van der Waals surface area contributed by atoms with Gasteiger partial charge >= 0.3 is 0 Å². The normalized spacial score (nSPS) is 22.0. The number of fused-ring (bicyclic) bond motifs is 5. The summed E-state index contributed by atoms with van der Waals surface area (Å²) in [6.07, 6.45) is 0.979. The van der Waals surface area contributed by atoms with E-state index < -0.39 is 0 Å². The summed E-state index contributed by atoms with van der Waals surface area (Å²) >= 11 is 12.6. The maximum atomic E-state index is 7.84. The first-order valence-electron chi connectivity index (χ1n) is 9.30. The van der Waals surface area contributed by atoms with Crippen LogP contribution in [0.1, 0.15) is 39.8 Å². The van der Waals surface area contributed by atoms with Gasteiger partial charge in [-0.3, -0.25) is 5.41 Å². The lowest BCUT2D eigenvalue weighted by atomic mass is 9.75. The molecule has 1 aliphatic heterocycles. The molecule has 5 rings (SSSR count). The van der Waals surface area contributed by atoms with Gasteiger partial charge in [-0.1, -0.05) is 47.5 Å². The third kappa shape index (κ3) is 2.78. The Balaban J connectivity index is 1.69. The Morgan fingerprint density at radius 3 is 2.46 bits per heavy atom. The van der Waals surface area contributed by atoms with Crippen molar-refractivity contribution in [1.29, 1.82) is 5.41 Å². The number of halogens is 2. The molecule has 3 nitrogen and oxygen atoms in total. The minimum atomic E-state index is 0.0920. The highest BCUT2D eigenvalue weighted by Crippen LogP contribution is 2.54. The number of nitrogens with one attached hydrogen (secondary N) is 2. The van der Waals surface area contributed by atoms with Crippen LogP contribution in [0.15, 0.2) is 60.7 Å². The van der Waals surface area contributed by atoms with E-state index in [2.05, 4.69) is 35.6 Å². The van der Waals surface area contributed by atoms with E-state index in [1.165, 1.54) is 16.7 Å². The van der Waals surface area contributed by atoms with E-state index in [0.29, 0.717) is 16.0 Å². The highest BCUT2D eigenvalue weighted by atomic mass is 35.5. The van der Waals surface area contributed by atoms with Crippen LogP contribution in [0.25, 0.3) is 0 Å². The summed E-state index contributed by atoms with van der Waals surface area (Å²) in [6, 6.07) is 20.5. The van der Waals surface area contributed by atoms with Gasteiger partial charge in [0.2, 0.25) is 0 Å². The molecule has 0 fully saturated rings. The first kappa shape index (κ1) is 17.6. The molecule has 0 saturated carbocycles. The lowest BCUT2D eigenvalue weighted by Crippen LogP contribution is -2.30. The van der Waals surface area contributed by atoms with Crippen molar-refractivity contribution >= 4 is 34.7 Å². The maximum Gasteiger partial charge on any atom is 0.122 e. The second-order valence-corrected chi connectivity index (χ2v) is 8.46. The van der Waals surface area contributed by atoms with E-state index in [-0.39, 0.29) is 17.8 Å². The van der Waals surface area contributed by atoms with E-state index in [0.717, 1.165) is 23.2 Å². The molecule has 3 aromatic rings. The van der Waals surface area contributed by atoms with Crippen LogP contribution < -0.4 is 11.1 Å². The Morgan fingerprint density at radius 1 is 0.964 bits per heavy atom. The van der Waals surface area contributed by atoms with Crippen molar-refractivity contribution < 1.29 is 0 Å². The van der Waals surface area contributed by atoms with Crippen molar-refractivity contribution in [1.82, 2.24) is 0 Å². The standard InChI is InChI=1S/C23H19Cl2N3/c24-15-7-14(8-16(25)11-15)22-19-9-12-3-1-2-4-17(12)21(19)18-10-13(23(26)27)5-6-20(18)28-22/h1-8,10-11,19,21-22,28H,9H2,(H3,26,27). The molecule has 3 atom stereocenters. The van der Waals surface area contributed by atoms with Gasteiger partial charge in [0.05, 0.1) is 6.04 Å². The molecule has 1 aliphatic carbocycles. The first-order valence-corrected chi connectivity index (χ1v) is 10.1. The molecule has 4 N–H and O–H groups in total. The minimum Gasteiger partial charge on any atom is -0.384 e. The monoisotopic (exact) mass is 407 g/mol. The lowest BCUT2D eigenvalue weighted by molar-refractivity contribution is 0.421. The van der Waals surface area contributed by atoms with Gasteiger partial charge in [0, 0.05) is 27.2 Å². The van der Waals surface area contributed by atoms with Gasteiger partial charge < -0.3 is 11.1 Å². The summed E-state index contributed by atoms with van der Waals surface area (Å²) in [7, 11) is 0. The number of nitrogen functional groups attached to an aromatic ring is 1. The van der Waals surface area contributed by atoms with Crippen LogP contribution in [-0.4, -0.2) is 5.84 Å². The maximum absolute atomic E-state index is 7.84. The van der Waals surface area contributed by atoms with Crippen LogP contribution in [0, 0.1) is 11.3 Å². The molecule has 2 aliphatic rings. The van der Waals surface area contributed by atoms with Crippen LogP contribution in [-0.2, 0) is 6.42 Å². The smallest absolute Gasteiger partial charge is 0.122 e. The van der Waals surface area contributed by atoms with E-state index in [1.807, 2.05) is 24.3 Å². The number of hydrogen-bond donors (Lipinski definition) is 3. The molecule has 140 valence electrons. The van der Waals surface area contributed by atoms with Gasteiger partial charge in [-0.15, -0.1) is 0 Å². The molecular weight excluding hydrogens is 389 g/mol. The van der Waals surface area contributed by atoms with Crippen molar-refractivity contribution in [3.8, 4) is 0 Å². The summed E-state index contributed by atoms with van der Waals surface area (Å²) in [6.45, 7) is 0. The Hall–Kier alpha value is -2.49. The fourth-order valence-corrected chi connectivity index (χ4v) is 5.36. The van der Waals surface area contributed by atoms with Crippen LogP contribution >= 0.6 is 23.2 Å². The van der Waals surface area contributed by atoms with Crippen molar-refractivity contribution in [3.05, 3.63) is 98.5 Å². The number of benzene rings is 3. The Morgan fingerprint density at radius 2 is 1.71 bits per heavy atom. The van der Waals surface area contributed by atoms with Crippen LogP contribution in [0.5, 0.6) is 0 Å². The van der Waals surface area contributed by atoms with Crippen LogP contribution in [0.2, 0.25) is 10.0 Å². The zero-order valence-corrected chi connectivity index (χ0v) is 16.6. The highest BCUT2D eigenvalue weighted by Gasteiger charge is 2.43. The second-order valence-electron chi connectivity index (χ2n) is 7.58. The Bertz CT molecular complexity index is 1090. The zero-order chi connectivity index (χ0) is 19.4. The van der Waals surface area contributed by atoms with Crippen molar-refractivity contribution in [2.24, 2.45) is 11.7 Å². The van der Waals surface area contributed by atoms with E-state index >= 15 is 0 Å². The van der Waals surface area contributed by atoms with Crippen molar-refractivity contribution in [2.45, 2.75) is 18.4 Å². The van der Waals surface area contributed by atoms with E-state index in [4.69, 9.17) is 34.3 Å². The molecule has 5 heteroatoms. The summed E-state index contributed by atoms with van der Waals surface area (Å²) in [5, 5.41) is 12.8. The predicted molar refractivity (Wildman–Crippen MR) is 116 cm³/mol. The number of nitrogens with two attached hydrogens (primary N) is 1. The average molecular weight is 408 g/mol. The molecule has 0 amide bonds. The van der Waals surface area contributed by atoms with Crippen molar-refractivity contribution in [3.63, 3.8) is 0 Å². The highest BCUT2D eigenvalue weighted by molar-refractivity contribution is 6.34. The van der Waals surface area contributed by atoms with Crippen LogP contribution in [0.3, 0.4) is 0 Å². The van der Waals surface area contributed by atoms with Gasteiger partial charge in [-0.2, -0.15) is 0 Å². The van der Waals surface area contributed by atoms with Gasteiger partial charge in [-0.05, 0) is 71.0 Å². The number of amidine groups is 1. The Kier molecular flexibility index (Phi) is 4.11. The molecule has 1 heterocycles.